The van der Waals surface area contributed by atoms with E-state index in [0.29, 0.717) is 34.4 Å². The van der Waals surface area contributed by atoms with Crippen LogP contribution >= 0.6 is 0 Å². The molecule has 1 atom stereocenters. The van der Waals surface area contributed by atoms with E-state index >= 15 is 0 Å². The van der Waals surface area contributed by atoms with Crippen LogP contribution in [-0.4, -0.2) is 42.7 Å². The molecule has 0 radical (unpaired) electrons. The van der Waals surface area contributed by atoms with Crippen molar-refractivity contribution in [3.63, 3.8) is 0 Å². The summed E-state index contributed by atoms with van der Waals surface area (Å²) in [6.45, 7) is 0. The maximum atomic E-state index is 13.1. The van der Waals surface area contributed by atoms with Gasteiger partial charge in [-0.05, 0) is 12.1 Å². The van der Waals surface area contributed by atoms with Crippen LogP contribution in [0.2, 0.25) is 0 Å². The van der Waals surface area contributed by atoms with Crippen molar-refractivity contribution >= 4 is 34.5 Å². The molecular formula is C20H20N4O5. The van der Waals surface area contributed by atoms with Gasteiger partial charge in [-0.3, -0.25) is 19.5 Å². The van der Waals surface area contributed by atoms with Crippen molar-refractivity contribution in [2.24, 2.45) is 0 Å². The number of nitrogens with one attached hydrogen (secondary N) is 2. The Kier molecular flexibility index (Phi) is 4.71. The summed E-state index contributed by atoms with van der Waals surface area (Å²) in [7, 11) is 4.50. The van der Waals surface area contributed by atoms with Crippen LogP contribution in [0.5, 0.6) is 17.2 Å². The second kappa shape index (κ2) is 7.34. The van der Waals surface area contributed by atoms with Crippen LogP contribution in [0.15, 0.2) is 36.4 Å². The number of ether oxygens (including phenoxy) is 3. The number of carbonyl (C=O) groups excluding carboxylic acids is 2. The molecule has 0 saturated heterocycles. The van der Waals surface area contributed by atoms with Crippen LogP contribution in [0.25, 0.3) is 11.0 Å². The Hall–Kier alpha value is -3.75. The maximum Gasteiger partial charge on any atom is 0.248 e. The largest absolute Gasteiger partial charge is 0.493 e. The molecule has 150 valence electrons. The first-order valence-corrected chi connectivity index (χ1v) is 8.93. The number of anilines is 2. The Labute approximate surface area is 166 Å². The molecule has 9 nitrogen and oxygen atoms in total. The first kappa shape index (κ1) is 18.6. The smallest absolute Gasteiger partial charge is 0.248 e. The lowest BCUT2D eigenvalue weighted by Gasteiger charge is -2.25. The van der Waals surface area contributed by atoms with E-state index in [4.69, 9.17) is 14.2 Å². The van der Waals surface area contributed by atoms with Gasteiger partial charge in [0.05, 0.1) is 38.8 Å². The highest BCUT2D eigenvalue weighted by molar-refractivity contribution is 6.03. The number of fused-ring (bicyclic) bond motifs is 3. The number of amides is 2. The third kappa shape index (κ3) is 3.20. The minimum Gasteiger partial charge on any atom is -0.493 e. The predicted molar refractivity (Wildman–Crippen MR) is 107 cm³/mol. The van der Waals surface area contributed by atoms with E-state index in [0.717, 1.165) is 5.52 Å². The molecule has 0 saturated carbocycles. The highest BCUT2D eigenvalue weighted by Crippen LogP contribution is 2.40. The fourth-order valence-corrected chi connectivity index (χ4v) is 3.48. The van der Waals surface area contributed by atoms with Crippen LogP contribution in [0.1, 0.15) is 12.5 Å². The summed E-state index contributed by atoms with van der Waals surface area (Å²) < 4.78 is 17.7. The van der Waals surface area contributed by atoms with Gasteiger partial charge in [-0.15, -0.1) is 0 Å². The van der Waals surface area contributed by atoms with E-state index in [1.54, 1.807) is 16.7 Å². The van der Waals surface area contributed by atoms with Gasteiger partial charge in [0, 0.05) is 17.8 Å². The van der Waals surface area contributed by atoms with Gasteiger partial charge in [0.2, 0.25) is 23.5 Å². The van der Waals surface area contributed by atoms with E-state index in [1.807, 2.05) is 24.3 Å². The summed E-state index contributed by atoms with van der Waals surface area (Å²) in [5.41, 5.74) is 1.93. The van der Waals surface area contributed by atoms with Gasteiger partial charge in [-0.1, -0.05) is 12.1 Å². The van der Waals surface area contributed by atoms with Crippen LogP contribution in [0.4, 0.5) is 11.6 Å². The van der Waals surface area contributed by atoms with Gasteiger partial charge < -0.3 is 19.5 Å². The second-order valence-corrected chi connectivity index (χ2v) is 6.47. The fourth-order valence-electron chi connectivity index (χ4n) is 3.48. The van der Waals surface area contributed by atoms with Gasteiger partial charge in [-0.25, -0.2) is 4.98 Å². The minimum absolute atomic E-state index is 0.00358. The zero-order valence-corrected chi connectivity index (χ0v) is 16.2. The molecule has 1 aliphatic heterocycles. The molecule has 2 amide bonds. The number of hydrogen-bond donors (Lipinski definition) is 2. The summed E-state index contributed by atoms with van der Waals surface area (Å²) in [6.07, 6.45) is 0.00358. The molecule has 0 spiro atoms. The first-order valence-electron chi connectivity index (χ1n) is 8.93. The van der Waals surface area contributed by atoms with Gasteiger partial charge >= 0.3 is 0 Å². The second-order valence-electron chi connectivity index (χ2n) is 6.47. The van der Waals surface area contributed by atoms with E-state index < -0.39 is 6.04 Å². The van der Waals surface area contributed by atoms with Crippen molar-refractivity contribution in [1.82, 2.24) is 9.55 Å². The van der Waals surface area contributed by atoms with E-state index in [9.17, 15) is 9.59 Å². The van der Waals surface area contributed by atoms with Crippen molar-refractivity contribution in [3.05, 3.63) is 36.4 Å². The molecule has 0 unspecified atom stereocenters. The van der Waals surface area contributed by atoms with Gasteiger partial charge in [-0.2, -0.15) is 0 Å². The van der Waals surface area contributed by atoms with Crippen molar-refractivity contribution in [1.29, 1.82) is 0 Å². The zero-order chi connectivity index (χ0) is 20.5. The average molecular weight is 396 g/mol. The van der Waals surface area contributed by atoms with E-state index in [-0.39, 0.29) is 18.2 Å². The molecular weight excluding hydrogens is 376 g/mol. The van der Waals surface area contributed by atoms with E-state index in [1.165, 1.54) is 21.3 Å². The number of imidazole rings is 1. The van der Waals surface area contributed by atoms with Crippen molar-refractivity contribution in [2.45, 2.75) is 12.5 Å². The molecule has 2 aromatic carbocycles. The lowest BCUT2D eigenvalue weighted by atomic mass is 10.1. The SMILES string of the molecule is COc1cc(NC(=O)[C@@H]2CC(=O)Nc3nc4ccccc4n32)cc(OC)c1OC. The molecule has 4 rings (SSSR count). The number of aromatic nitrogens is 2. The molecule has 0 bridgehead atoms. The van der Waals surface area contributed by atoms with Crippen molar-refractivity contribution in [3.8, 4) is 17.2 Å². The van der Waals surface area contributed by atoms with Crippen LogP contribution < -0.4 is 24.8 Å². The Morgan fingerprint density at radius 1 is 1.14 bits per heavy atom. The number of methoxy groups -OCH3 is 3. The quantitative estimate of drug-likeness (QED) is 0.687. The standard InChI is InChI=1S/C20H20N4O5/c1-27-15-8-11(9-16(28-2)18(15)29-3)21-19(26)14-10-17(25)23-20-22-12-6-4-5-7-13(12)24(14)20/h4-9,14H,10H2,1-3H3,(H,21,26)(H,22,23,25)/t14-/m0/s1. The summed E-state index contributed by atoms with van der Waals surface area (Å²) in [5.74, 6) is 0.992. The Balaban J connectivity index is 1.71. The van der Waals surface area contributed by atoms with Crippen LogP contribution in [0, 0.1) is 0 Å². The summed E-state index contributed by atoms with van der Waals surface area (Å²) >= 11 is 0. The highest BCUT2D eigenvalue weighted by atomic mass is 16.5. The van der Waals surface area contributed by atoms with Gasteiger partial charge in [0.1, 0.15) is 6.04 Å². The topological polar surface area (TPSA) is 104 Å². The average Bonchev–Trinajstić information content (AvgIpc) is 3.10. The maximum absolute atomic E-state index is 13.1. The number of nitrogens with zero attached hydrogens (tertiary/aromatic N) is 2. The molecule has 9 heteroatoms. The fraction of sp³-hybridized carbons (Fsp3) is 0.250. The third-order valence-corrected chi connectivity index (χ3v) is 4.77. The molecule has 2 N–H and O–H groups in total. The van der Waals surface area contributed by atoms with Gasteiger partial charge in [0.15, 0.2) is 11.5 Å². The highest BCUT2D eigenvalue weighted by Gasteiger charge is 2.33. The molecule has 29 heavy (non-hydrogen) atoms. The first-order chi connectivity index (χ1) is 14.0. The van der Waals surface area contributed by atoms with E-state index in [2.05, 4.69) is 15.6 Å². The molecule has 3 aromatic rings. The Bertz CT molecular complexity index is 1080. The summed E-state index contributed by atoms with van der Waals surface area (Å²) in [5, 5.41) is 5.57. The molecule has 2 heterocycles. The zero-order valence-electron chi connectivity index (χ0n) is 16.2. The predicted octanol–water partition coefficient (Wildman–Crippen LogP) is 2.58. The normalized spacial score (nSPS) is 15.4. The Morgan fingerprint density at radius 2 is 1.83 bits per heavy atom. The van der Waals surface area contributed by atoms with Gasteiger partial charge in [0.25, 0.3) is 0 Å². The summed E-state index contributed by atoms with van der Waals surface area (Å²) in [4.78, 5) is 29.7. The number of para-hydroxylation sites is 2. The third-order valence-electron chi connectivity index (χ3n) is 4.77. The minimum atomic E-state index is -0.745. The lowest BCUT2D eigenvalue weighted by molar-refractivity contribution is -0.124. The number of carbonyl (C=O) groups is 2. The molecule has 1 aliphatic rings. The van der Waals surface area contributed by atoms with Crippen LogP contribution in [-0.2, 0) is 9.59 Å². The molecule has 1 aromatic heterocycles. The lowest BCUT2D eigenvalue weighted by Crippen LogP contribution is -2.35. The number of benzene rings is 2. The van der Waals surface area contributed by atoms with Crippen molar-refractivity contribution < 1.29 is 23.8 Å². The number of hydrogen-bond acceptors (Lipinski definition) is 6. The molecule has 0 aliphatic carbocycles. The van der Waals surface area contributed by atoms with Crippen LogP contribution in [0.3, 0.4) is 0 Å². The monoisotopic (exact) mass is 396 g/mol. The molecule has 0 fully saturated rings. The number of rotatable bonds is 5. The summed E-state index contributed by atoms with van der Waals surface area (Å²) in [6, 6.07) is 9.94. The van der Waals surface area contributed by atoms with Crippen molar-refractivity contribution in [2.75, 3.05) is 32.0 Å². The Morgan fingerprint density at radius 3 is 2.48 bits per heavy atom.